The van der Waals surface area contributed by atoms with Crippen LogP contribution in [0.25, 0.3) is 0 Å². The number of ether oxygens (including phenoxy) is 1. The summed E-state index contributed by atoms with van der Waals surface area (Å²) in [7, 11) is 3.54. The smallest absolute Gasteiger partial charge is 0.128 e. The lowest BCUT2D eigenvalue weighted by molar-refractivity contribution is 0.411. The molecule has 0 bridgehead atoms. The lowest BCUT2D eigenvalue weighted by atomic mass is 9.97. The van der Waals surface area contributed by atoms with E-state index in [1.807, 2.05) is 32.2 Å². The van der Waals surface area contributed by atoms with E-state index in [2.05, 4.69) is 16.4 Å². The van der Waals surface area contributed by atoms with Crippen molar-refractivity contribution in [3.63, 3.8) is 0 Å². The average molecular weight is 292 g/mol. The number of halogens is 1. The van der Waals surface area contributed by atoms with Gasteiger partial charge in [-0.1, -0.05) is 23.7 Å². The monoisotopic (exact) mass is 291 g/mol. The topological polar surface area (TPSA) is 60.2 Å². The first-order valence-corrected chi connectivity index (χ1v) is 6.67. The Bertz CT molecular complexity index is 616. The number of hydrogen-bond acceptors (Lipinski definition) is 4. The van der Waals surface area contributed by atoms with Gasteiger partial charge >= 0.3 is 0 Å². The third-order valence-corrected chi connectivity index (χ3v) is 3.47. The van der Waals surface area contributed by atoms with Gasteiger partial charge in [0.2, 0.25) is 0 Å². The van der Waals surface area contributed by atoms with Gasteiger partial charge in [0.15, 0.2) is 0 Å². The van der Waals surface area contributed by atoms with E-state index in [4.69, 9.17) is 22.1 Å². The number of nitrogen functional groups attached to an aromatic ring is 1. The first-order chi connectivity index (χ1) is 9.56. The van der Waals surface area contributed by atoms with Crippen LogP contribution in [0.3, 0.4) is 0 Å². The largest absolute Gasteiger partial charge is 0.496 e. The van der Waals surface area contributed by atoms with Crippen molar-refractivity contribution in [2.24, 2.45) is 0 Å². The molecule has 0 amide bonds. The van der Waals surface area contributed by atoms with Gasteiger partial charge in [0, 0.05) is 11.8 Å². The molecule has 1 unspecified atom stereocenters. The van der Waals surface area contributed by atoms with Gasteiger partial charge in [-0.3, -0.25) is 0 Å². The molecule has 0 fully saturated rings. The molecule has 1 aromatic carbocycles. The van der Waals surface area contributed by atoms with Crippen LogP contribution in [0.15, 0.2) is 30.5 Å². The minimum Gasteiger partial charge on any atom is -0.496 e. The maximum absolute atomic E-state index is 6.02. The zero-order valence-electron chi connectivity index (χ0n) is 11.8. The minimum absolute atomic E-state index is 0.0641. The summed E-state index contributed by atoms with van der Waals surface area (Å²) in [6.07, 6.45) is 1.55. The molecule has 0 saturated carbocycles. The highest BCUT2D eigenvalue weighted by atomic mass is 35.5. The molecule has 0 aliphatic heterocycles. The molecule has 20 heavy (non-hydrogen) atoms. The van der Waals surface area contributed by atoms with Crippen LogP contribution in [-0.4, -0.2) is 19.1 Å². The maximum atomic E-state index is 6.02. The van der Waals surface area contributed by atoms with Crippen molar-refractivity contribution in [3.8, 4) is 5.75 Å². The summed E-state index contributed by atoms with van der Waals surface area (Å²) in [5, 5.41) is 3.82. The molecule has 0 radical (unpaired) electrons. The van der Waals surface area contributed by atoms with Crippen molar-refractivity contribution in [3.05, 3.63) is 52.2 Å². The van der Waals surface area contributed by atoms with Crippen molar-refractivity contribution in [1.82, 2.24) is 10.3 Å². The molecule has 1 atom stereocenters. The number of methoxy groups -OCH3 is 1. The number of pyridine rings is 1. The van der Waals surface area contributed by atoms with E-state index in [1.54, 1.807) is 13.3 Å². The molecule has 0 aliphatic carbocycles. The SMILES string of the molecule is CNC(c1ccc(OC)c(C)c1)c1cc(Cl)cnc1N. The fraction of sp³-hybridized carbons (Fsp3) is 0.267. The molecule has 0 saturated heterocycles. The Morgan fingerprint density at radius 1 is 1.35 bits per heavy atom. The van der Waals surface area contributed by atoms with Crippen molar-refractivity contribution in [2.75, 3.05) is 19.9 Å². The quantitative estimate of drug-likeness (QED) is 0.909. The number of aryl methyl sites for hydroxylation is 1. The number of nitrogens with zero attached hydrogens (tertiary/aromatic N) is 1. The van der Waals surface area contributed by atoms with Crippen molar-refractivity contribution >= 4 is 17.4 Å². The predicted molar refractivity (Wildman–Crippen MR) is 82.3 cm³/mol. The van der Waals surface area contributed by atoms with Crippen LogP contribution in [-0.2, 0) is 0 Å². The first kappa shape index (κ1) is 14.6. The van der Waals surface area contributed by atoms with E-state index in [9.17, 15) is 0 Å². The van der Waals surface area contributed by atoms with E-state index in [-0.39, 0.29) is 6.04 Å². The van der Waals surface area contributed by atoms with E-state index >= 15 is 0 Å². The van der Waals surface area contributed by atoms with Gasteiger partial charge in [-0.2, -0.15) is 0 Å². The second-order valence-electron chi connectivity index (χ2n) is 4.58. The zero-order chi connectivity index (χ0) is 14.7. The number of hydrogen-bond donors (Lipinski definition) is 2. The Morgan fingerprint density at radius 2 is 2.10 bits per heavy atom. The van der Waals surface area contributed by atoms with Crippen LogP contribution >= 0.6 is 11.6 Å². The molecule has 1 aromatic heterocycles. The standard InChI is InChI=1S/C15H18ClN3O/c1-9-6-10(4-5-13(9)20-3)14(18-2)12-7-11(16)8-19-15(12)17/h4-8,14,18H,1-3H3,(H2,17,19). The predicted octanol–water partition coefficient (Wildman–Crippen LogP) is 2.94. The molecule has 2 rings (SSSR count). The molecular formula is C15H18ClN3O. The van der Waals surface area contributed by atoms with E-state index in [0.717, 1.165) is 22.4 Å². The number of nitrogens with one attached hydrogen (secondary N) is 1. The number of benzene rings is 1. The Kier molecular flexibility index (Phi) is 4.47. The second kappa shape index (κ2) is 6.11. The van der Waals surface area contributed by atoms with Gasteiger partial charge in [0.05, 0.1) is 18.2 Å². The van der Waals surface area contributed by atoms with Gasteiger partial charge in [-0.25, -0.2) is 4.98 Å². The first-order valence-electron chi connectivity index (χ1n) is 6.29. The van der Waals surface area contributed by atoms with Gasteiger partial charge in [-0.05, 0) is 37.2 Å². The Balaban J connectivity index is 2.46. The highest BCUT2D eigenvalue weighted by Crippen LogP contribution is 2.30. The molecule has 4 nitrogen and oxygen atoms in total. The van der Waals surface area contributed by atoms with Crippen LogP contribution in [0.5, 0.6) is 5.75 Å². The molecule has 0 spiro atoms. The Labute approximate surface area is 123 Å². The zero-order valence-corrected chi connectivity index (χ0v) is 12.5. The Hall–Kier alpha value is -1.78. The van der Waals surface area contributed by atoms with Crippen LogP contribution in [0, 0.1) is 6.92 Å². The summed E-state index contributed by atoms with van der Waals surface area (Å²) in [5.41, 5.74) is 8.98. The molecule has 0 aliphatic rings. The molecule has 5 heteroatoms. The molecule has 106 valence electrons. The molecule has 3 N–H and O–H groups in total. The summed E-state index contributed by atoms with van der Waals surface area (Å²) in [6, 6.07) is 7.80. The number of nitrogens with two attached hydrogens (primary N) is 1. The van der Waals surface area contributed by atoms with Crippen LogP contribution < -0.4 is 15.8 Å². The lowest BCUT2D eigenvalue weighted by Crippen LogP contribution is -2.19. The van der Waals surface area contributed by atoms with E-state index in [0.29, 0.717) is 10.8 Å². The van der Waals surface area contributed by atoms with E-state index < -0.39 is 0 Å². The lowest BCUT2D eigenvalue weighted by Gasteiger charge is -2.20. The summed E-state index contributed by atoms with van der Waals surface area (Å²) in [4.78, 5) is 4.11. The average Bonchev–Trinajstić information content (AvgIpc) is 2.44. The molecular weight excluding hydrogens is 274 g/mol. The van der Waals surface area contributed by atoms with Gasteiger partial charge in [0.1, 0.15) is 11.6 Å². The third kappa shape index (κ3) is 2.86. The van der Waals surface area contributed by atoms with Crippen molar-refractivity contribution in [2.45, 2.75) is 13.0 Å². The maximum Gasteiger partial charge on any atom is 0.128 e. The highest BCUT2D eigenvalue weighted by molar-refractivity contribution is 6.30. The van der Waals surface area contributed by atoms with Gasteiger partial charge < -0.3 is 15.8 Å². The normalized spacial score (nSPS) is 12.2. The summed E-state index contributed by atoms with van der Waals surface area (Å²) >= 11 is 6.02. The van der Waals surface area contributed by atoms with Crippen molar-refractivity contribution in [1.29, 1.82) is 0 Å². The summed E-state index contributed by atoms with van der Waals surface area (Å²) in [5.74, 6) is 1.34. The number of anilines is 1. The molecule has 2 aromatic rings. The second-order valence-corrected chi connectivity index (χ2v) is 5.02. The fourth-order valence-corrected chi connectivity index (χ4v) is 2.45. The van der Waals surface area contributed by atoms with Crippen LogP contribution in [0.1, 0.15) is 22.7 Å². The van der Waals surface area contributed by atoms with Gasteiger partial charge in [0.25, 0.3) is 0 Å². The van der Waals surface area contributed by atoms with Crippen LogP contribution in [0.4, 0.5) is 5.82 Å². The number of rotatable bonds is 4. The molecule has 1 heterocycles. The number of aromatic nitrogens is 1. The van der Waals surface area contributed by atoms with Crippen LogP contribution in [0.2, 0.25) is 5.02 Å². The summed E-state index contributed by atoms with van der Waals surface area (Å²) in [6.45, 7) is 2.01. The third-order valence-electron chi connectivity index (χ3n) is 3.27. The fourth-order valence-electron chi connectivity index (χ4n) is 2.28. The highest BCUT2D eigenvalue weighted by Gasteiger charge is 2.17. The minimum atomic E-state index is -0.0641. The van der Waals surface area contributed by atoms with Gasteiger partial charge in [-0.15, -0.1) is 0 Å². The Morgan fingerprint density at radius 3 is 2.70 bits per heavy atom. The van der Waals surface area contributed by atoms with E-state index in [1.165, 1.54) is 0 Å². The van der Waals surface area contributed by atoms with Crippen molar-refractivity contribution < 1.29 is 4.74 Å². The summed E-state index contributed by atoms with van der Waals surface area (Å²) < 4.78 is 5.28.